The van der Waals surface area contributed by atoms with Crippen LogP contribution in [0.25, 0.3) is 44.5 Å². The first kappa shape index (κ1) is 20.4. The monoisotopic (exact) mass is 420 g/mol. The average molecular weight is 421 g/mol. The van der Waals surface area contributed by atoms with Gasteiger partial charge >= 0.3 is 0 Å². The molecule has 5 aromatic rings. The second-order valence-corrected chi connectivity index (χ2v) is 9.16. The highest BCUT2D eigenvalue weighted by Gasteiger charge is 2.19. The number of hydrogen-bond donors (Lipinski definition) is 0. The van der Waals surface area contributed by atoms with Crippen LogP contribution in [0.3, 0.4) is 0 Å². The number of hydrogen-bond acceptors (Lipinski definition) is 3. The second-order valence-electron chi connectivity index (χ2n) is 9.16. The summed E-state index contributed by atoms with van der Waals surface area (Å²) in [6, 6.07) is 21.5. The molecule has 0 aliphatic rings. The van der Waals surface area contributed by atoms with Crippen LogP contribution in [0.2, 0.25) is 0 Å². The van der Waals surface area contributed by atoms with E-state index in [1.54, 1.807) is 0 Å². The predicted octanol–water partition coefficient (Wildman–Crippen LogP) is 8.27. The minimum absolute atomic E-state index is 0.352. The van der Waals surface area contributed by atoms with Gasteiger partial charge in [-0.1, -0.05) is 70.2 Å². The van der Waals surface area contributed by atoms with E-state index < -0.39 is 0 Å². The van der Waals surface area contributed by atoms with Gasteiger partial charge in [0.15, 0.2) is 0 Å². The first-order valence-electron chi connectivity index (χ1n) is 11.3. The summed E-state index contributed by atoms with van der Waals surface area (Å²) in [7, 11) is 0. The molecule has 5 rings (SSSR count). The Bertz CT molecular complexity index is 1430. The third-order valence-electron chi connectivity index (χ3n) is 6.26. The fourth-order valence-electron chi connectivity index (χ4n) is 4.33. The van der Waals surface area contributed by atoms with Gasteiger partial charge in [0.1, 0.15) is 5.58 Å². The highest BCUT2D eigenvalue weighted by molar-refractivity contribution is 6.10. The number of benzene rings is 2. The summed E-state index contributed by atoms with van der Waals surface area (Å²) in [5.41, 5.74) is 9.30. The summed E-state index contributed by atoms with van der Waals surface area (Å²) in [5, 5.41) is 2.12. The lowest BCUT2D eigenvalue weighted by atomic mass is 9.93. The fraction of sp³-hybridized carbons (Fsp3) is 0.241. The number of rotatable bonds is 4. The number of aromatic nitrogens is 2. The summed E-state index contributed by atoms with van der Waals surface area (Å²) in [6.45, 7) is 10.9. The standard InChI is InChI=1S/C29H28N2O/c1-17(2)20-9-11-21(12-10-20)22-7-6-16-30-27(22)26-19(5)8-13-23-24-14-15-25(18(3)4)31-29(24)32-28(23)26/h6-18H,1-5H3. The Morgan fingerprint density at radius 3 is 2.25 bits per heavy atom. The molecular formula is C29H28N2O. The Morgan fingerprint density at radius 1 is 0.781 bits per heavy atom. The van der Waals surface area contributed by atoms with Gasteiger partial charge in [0.05, 0.1) is 5.69 Å². The van der Waals surface area contributed by atoms with Crippen LogP contribution >= 0.6 is 0 Å². The van der Waals surface area contributed by atoms with E-state index in [2.05, 4.69) is 89.2 Å². The summed E-state index contributed by atoms with van der Waals surface area (Å²) < 4.78 is 6.40. The molecule has 3 nitrogen and oxygen atoms in total. The fourth-order valence-corrected chi connectivity index (χ4v) is 4.33. The molecule has 160 valence electrons. The quantitative estimate of drug-likeness (QED) is 0.294. The molecule has 0 aliphatic carbocycles. The summed E-state index contributed by atoms with van der Waals surface area (Å²) >= 11 is 0. The molecule has 0 fully saturated rings. The number of fused-ring (bicyclic) bond motifs is 3. The van der Waals surface area contributed by atoms with Gasteiger partial charge in [-0.3, -0.25) is 4.98 Å². The molecule has 0 saturated carbocycles. The lowest BCUT2D eigenvalue weighted by molar-refractivity contribution is 0.648. The van der Waals surface area contributed by atoms with E-state index in [1.165, 1.54) is 5.56 Å². The Hall–Kier alpha value is -3.46. The van der Waals surface area contributed by atoms with Crippen molar-refractivity contribution in [2.75, 3.05) is 0 Å². The van der Waals surface area contributed by atoms with Gasteiger partial charge in [-0.2, -0.15) is 0 Å². The Kier molecular flexibility index (Phi) is 5.05. The Labute approximate surface area is 189 Å². The van der Waals surface area contributed by atoms with Crippen molar-refractivity contribution in [3.05, 3.63) is 83.7 Å². The van der Waals surface area contributed by atoms with Gasteiger partial charge in [-0.05, 0) is 53.6 Å². The van der Waals surface area contributed by atoms with Crippen molar-refractivity contribution in [2.45, 2.75) is 46.5 Å². The van der Waals surface area contributed by atoms with Crippen LogP contribution in [0.5, 0.6) is 0 Å². The number of pyridine rings is 2. The summed E-state index contributed by atoms with van der Waals surface area (Å²) in [6.07, 6.45) is 1.86. The van der Waals surface area contributed by atoms with Crippen LogP contribution < -0.4 is 0 Å². The third kappa shape index (κ3) is 3.38. The van der Waals surface area contributed by atoms with E-state index in [4.69, 9.17) is 14.4 Å². The van der Waals surface area contributed by atoms with Crippen molar-refractivity contribution in [1.82, 2.24) is 9.97 Å². The van der Waals surface area contributed by atoms with Gasteiger partial charge < -0.3 is 4.42 Å². The molecule has 0 amide bonds. The normalized spacial score (nSPS) is 11.8. The van der Waals surface area contributed by atoms with Crippen molar-refractivity contribution in [1.29, 1.82) is 0 Å². The third-order valence-corrected chi connectivity index (χ3v) is 6.26. The van der Waals surface area contributed by atoms with Gasteiger partial charge in [0.25, 0.3) is 0 Å². The average Bonchev–Trinajstić information content (AvgIpc) is 3.16. The Morgan fingerprint density at radius 2 is 1.53 bits per heavy atom. The van der Waals surface area contributed by atoms with Crippen molar-refractivity contribution in [3.8, 4) is 22.4 Å². The van der Waals surface area contributed by atoms with Crippen LogP contribution in [0.1, 0.15) is 56.4 Å². The van der Waals surface area contributed by atoms with Crippen molar-refractivity contribution < 1.29 is 4.42 Å². The van der Waals surface area contributed by atoms with Gasteiger partial charge in [-0.15, -0.1) is 0 Å². The molecule has 2 aromatic carbocycles. The molecule has 0 unspecified atom stereocenters. The van der Waals surface area contributed by atoms with Crippen molar-refractivity contribution in [2.24, 2.45) is 0 Å². The molecule has 3 heteroatoms. The van der Waals surface area contributed by atoms with E-state index in [1.807, 2.05) is 12.3 Å². The molecule has 3 heterocycles. The molecule has 0 atom stereocenters. The number of furan rings is 1. The molecular weight excluding hydrogens is 392 g/mol. The molecule has 0 N–H and O–H groups in total. The molecule has 3 aromatic heterocycles. The largest absolute Gasteiger partial charge is 0.437 e. The van der Waals surface area contributed by atoms with Crippen LogP contribution in [-0.2, 0) is 0 Å². The highest BCUT2D eigenvalue weighted by atomic mass is 16.3. The van der Waals surface area contributed by atoms with Crippen LogP contribution in [0.15, 0.2) is 71.3 Å². The van der Waals surface area contributed by atoms with E-state index in [0.717, 1.165) is 50.0 Å². The molecule has 0 radical (unpaired) electrons. The zero-order chi connectivity index (χ0) is 22.4. The van der Waals surface area contributed by atoms with E-state index in [0.29, 0.717) is 17.5 Å². The summed E-state index contributed by atoms with van der Waals surface area (Å²) in [4.78, 5) is 9.63. The number of nitrogens with zero attached hydrogens (tertiary/aromatic N) is 2. The summed E-state index contributed by atoms with van der Waals surface area (Å²) in [5.74, 6) is 0.859. The minimum atomic E-state index is 0.352. The predicted molar refractivity (Wildman–Crippen MR) is 133 cm³/mol. The van der Waals surface area contributed by atoms with Crippen LogP contribution in [0, 0.1) is 6.92 Å². The van der Waals surface area contributed by atoms with Gasteiger partial charge in [-0.25, -0.2) is 4.98 Å². The van der Waals surface area contributed by atoms with E-state index in [-0.39, 0.29) is 0 Å². The van der Waals surface area contributed by atoms with Crippen LogP contribution in [-0.4, -0.2) is 9.97 Å². The molecule has 0 spiro atoms. The van der Waals surface area contributed by atoms with Crippen LogP contribution in [0.4, 0.5) is 0 Å². The Balaban J connectivity index is 1.75. The zero-order valence-corrected chi connectivity index (χ0v) is 19.3. The maximum atomic E-state index is 6.40. The van der Waals surface area contributed by atoms with Crippen molar-refractivity contribution in [3.63, 3.8) is 0 Å². The molecule has 0 aliphatic heterocycles. The van der Waals surface area contributed by atoms with Crippen molar-refractivity contribution >= 4 is 22.1 Å². The lowest BCUT2D eigenvalue weighted by Crippen LogP contribution is -1.93. The highest BCUT2D eigenvalue weighted by Crippen LogP contribution is 2.40. The topological polar surface area (TPSA) is 38.9 Å². The first-order valence-corrected chi connectivity index (χ1v) is 11.3. The minimum Gasteiger partial charge on any atom is -0.437 e. The van der Waals surface area contributed by atoms with Gasteiger partial charge in [0.2, 0.25) is 5.71 Å². The van der Waals surface area contributed by atoms with E-state index in [9.17, 15) is 0 Å². The maximum Gasteiger partial charge on any atom is 0.227 e. The molecule has 0 saturated heterocycles. The van der Waals surface area contributed by atoms with Gasteiger partial charge in [0, 0.05) is 33.8 Å². The zero-order valence-electron chi connectivity index (χ0n) is 19.3. The number of aryl methyl sites for hydroxylation is 1. The second kappa shape index (κ2) is 7.90. The van der Waals surface area contributed by atoms with E-state index >= 15 is 0 Å². The maximum absolute atomic E-state index is 6.40. The molecule has 32 heavy (non-hydrogen) atoms. The first-order chi connectivity index (χ1) is 15.4. The molecule has 0 bridgehead atoms. The smallest absolute Gasteiger partial charge is 0.227 e. The lowest BCUT2D eigenvalue weighted by Gasteiger charge is -2.13. The SMILES string of the molecule is Cc1ccc2c(oc3nc(C(C)C)ccc32)c1-c1ncccc1-c1ccc(C(C)C)cc1.